The normalized spacial score (nSPS) is 12.1. The van der Waals surface area contributed by atoms with E-state index in [4.69, 9.17) is 10.5 Å². The van der Waals surface area contributed by atoms with Crippen LogP contribution in [0.5, 0.6) is 0 Å². The van der Waals surface area contributed by atoms with Crippen LogP contribution < -0.4 is 11.1 Å². The van der Waals surface area contributed by atoms with Gasteiger partial charge in [0.25, 0.3) is 5.91 Å². The van der Waals surface area contributed by atoms with Crippen molar-refractivity contribution < 1.29 is 9.53 Å². The van der Waals surface area contributed by atoms with Gasteiger partial charge >= 0.3 is 0 Å². The fraction of sp³-hybridized carbons (Fsp3) is 0.286. The Kier molecular flexibility index (Phi) is 4.73. The van der Waals surface area contributed by atoms with Gasteiger partial charge in [-0.2, -0.15) is 5.10 Å². The van der Waals surface area contributed by atoms with E-state index >= 15 is 0 Å². The standard InChI is InChI=1S/C14H18N4O2/c1-20-13(11-5-3-2-4-6-11)14(19)16-7-8-18-10-12(15)9-17-18/h2-6,9-10,13H,7-8,15H2,1H3,(H,16,19). The molecule has 0 aliphatic heterocycles. The maximum absolute atomic E-state index is 12.1. The van der Waals surface area contributed by atoms with Crippen molar-refractivity contribution in [1.82, 2.24) is 15.1 Å². The quantitative estimate of drug-likeness (QED) is 0.822. The molecule has 1 heterocycles. The number of carbonyl (C=O) groups excluding carboxylic acids is 1. The van der Waals surface area contributed by atoms with Gasteiger partial charge in [0.15, 0.2) is 6.10 Å². The first-order valence-electron chi connectivity index (χ1n) is 6.34. The number of hydrogen-bond donors (Lipinski definition) is 2. The van der Waals surface area contributed by atoms with Crippen LogP contribution in [0.3, 0.4) is 0 Å². The SMILES string of the molecule is COC(C(=O)NCCn1cc(N)cn1)c1ccccc1. The number of benzene rings is 1. The zero-order valence-electron chi connectivity index (χ0n) is 11.3. The molecule has 2 aromatic rings. The molecule has 0 fully saturated rings. The maximum atomic E-state index is 12.1. The molecule has 1 amide bonds. The Hall–Kier alpha value is -2.34. The molecule has 6 nitrogen and oxygen atoms in total. The predicted molar refractivity (Wildman–Crippen MR) is 75.8 cm³/mol. The van der Waals surface area contributed by atoms with Crippen LogP contribution in [0, 0.1) is 0 Å². The first kappa shape index (κ1) is 14.1. The number of nitrogen functional groups attached to an aromatic ring is 1. The van der Waals surface area contributed by atoms with Crippen molar-refractivity contribution in [2.75, 3.05) is 19.4 Å². The molecule has 0 aliphatic rings. The summed E-state index contributed by atoms with van der Waals surface area (Å²) in [6.45, 7) is 1.03. The largest absolute Gasteiger partial charge is 0.396 e. The summed E-state index contributed by atoms with van der Waals surface area (Å²) in [5.41, 5.74) is 7.00. The van der Waals surface area contributed by atoms with E-state index in [1.165, 1.54) is 7.11 Å². The number of carbonyl (C=O) groups is 1. The first-order valence-corrected chi connectivity index (χ1v) is 6.34. The highest BCUT2D eigenvalue weighted by molar-refractivity contribution is 5.82. The summed E-state index contributed by atoms with van der Waals surface area (Å²) in [6, 6.07) is 9.38. The number of rotatable bonds is 6. The number of methoxy groups -OCH3 is 1. The number of nitrogens with two attached hydrogens (primary N) is 1. The Balaban J connectivity index is 1.87. The van der Waals surface area contributed by atoms with E-state index < -0.39 is 6.10 Å². The van der Waals surface area contributed by atoms with Crippen LogP contribution in [-0.4, -0.2) is 29.3 Å². The van der Waals surface area contributed by atoms with Crippen LogP contribution in [0.2, 0.25) is 0 Å². The van der Waals surface area contributed by atoms with Crippen molar-refractivity contribution in [3.63, 3.8) is 0 Å². The molecule has 20 heavy (non-hydrogen) atoms. The minimum atomic E-state index is -0.598. The van der Waals surface area contributed by atoms with Gasteiger partial charge in [0.2, 0.25) is 0 Å². The molecule has 0 saturated carbocycles. The summed E-state index contributed by atoms with van der Waals surface area (Å²) < 4.78 is 6.93. The highest BCUT2D eigenvalue weighted by Crippen LogP contribution is 2.15. The maximum Gasteiger partial charge on any atom is 0.253 e. The molecule has 2 rings (SSSR count). The van der Waals surface area contributed by atoms with E-state index in [0.29, 0.717) is 18.8 Å². The number of anilines is 1. The Morgan fingerprint density at radius 2 is 2.20 bits per heavy atom. The van der Waals surface area contributed by atoms with Crippen LogP contribution in [0.15, 0.2) is 42.7 Å². The van der Waals surface area contributed by atoms with E-state index in [0.717, 1.165) is 5.56 Å². The van der Waals surface area contributed by atoms with E-state index in [1.807, 2.05) is 30.3 Å². The number of ether oxygens (including phenoxy) is 1. The molecule has 0 bridgehead atoms. The van der Waals surface area contributed by atoms with Gasteiger partial charge in [0, 0.05) is 19.9 Å². The highest BCUT2D eigenvalue weighted by Gasteiger charge is 2.18. The second kappa shape index (κ2) is 6.72. The summed E-state index contributed by atoms with van der Waals surface area (Å²) in [5.74, 6) is -0.168. The van der Waals surface area contributed by atoms with Crippen molar-refractivity contribution in [2.45, 2.75) is 12.6 Å². The summed E-state index contributed by atoms with van der Waals surface area (Å²) >= 11 is 0. The Morgan fingerprint density at radius 3 is 2.80 bits per heavy atom. The van der Waals surface area contributed by atoms with Crippen molar-refractivity contribution in [3.05, 3.63) is 48.3 Å². The van der Waals surface area contributed by atoms with Crippen LogP contribution in [0.25, 0.3) is 0 Å². The third kappa shape index (κ3) is 3.58. The average Bonchev–Trinajstić information content (AvgIpc) is 2.86. The number of amides is 1. The topological polar surface area (TPSA) is 82.2 Å². The average molecular weight is 274 g/mol. The van der Waals surface area contributed by atoms with Gasteiger partial charge in [-0.1, -0.05) is 30.3 Å². The van der Waals surface area contributed by atoms with Crippen molar-refractivity contribution in [1.29, 1.82) is 0 Å². The summed E-state index contributed by atoms with van der Waals surface area (Å²) in [4.78, 5) is 12.1. The number of nitrogens with one attached hydrogen (secondary N) is 1. The molecule has 6 heteroatoms. The lowest BCUT2D eigenvalue weighted by molar-refractivity contribution is -0.131. The number of aromatic nitrogens is 2. The van der Waals surface area contributed by atoms with E-state index in [1.54, 1.807) is 17.1 Å². The zero-order chi connectivity index (χ0) is 14.4. The molecular weight excluding hydrogens is 256 g/mol. The smallest absolute Gasteiger partial charge is 0.253 e. The summed E-state index contributed by atoms with van der Waals surface area (Å²) in [5, 5.41) is 6.87. The van der Waals surface area contributed by atoms with E-state index in [2.05, 4.69) is 10.4 Å². The third-order valence-corrected chi connectivity index (χ3v) is 2.87. The highest BCUT2D eigenvalue weighted by atomic mass is 16.5. The van der Waals surface area contributed by atoms with Gasteiger partial charge in [0.1, 0.15) is 0 Å². The third-order valence-electron chi connectivity index (χ3n) is 2.87. The fourth-order valence-electron chi connectivity index (χ4n) is 1.91. The Bertz CT molecular complexity index is 553. The lowest BCUT2D eigenvalue weighted by Crippen LogP contribution is -2.32. The second-order valence-electron chi connectivity index (χ2n) is 4.35. The van der Waals surface area contributed by atoms with Crippen molar-refractivity contribution in [2.24, 2.45) is 0 Å². The fourth-order valence-corrected chi connectivity index (χ4v) is 1.91. The van der Waals surface area contributed by atoms with E-state index in [9.17, 15) is 4.79 Å². The lowest BCUT2D eigenvalue weighted by atomic mass is 10.1. The predicted octanol–water partition coefficient (Wildman–Crippen LogP) is 0.969. The molecular formula is C14H18N4O2. The molecule has 1 unspecified atom stereocenters. The minimum Gasteiger partial charge on any atom is -0.396 e. The molecule has 106 valence electrons. The summed E-state index contributed by atoms with van der Waals surface area (Å²) in [6.07, 6.45) is 2.69. The molecule has 1 aromatic carbocycles. The van der Waals surface area contributed by atoms with Crippen LogP contribution in [0.4, 0.5) is 5.69 Å². The van der Waals surface area contributed by atoms with Crippen LogP contribution in [-0.2, 0) is 16.1 Å². The molecule has 0 radical (unpaired) electrons. The van der Waals surface area contributed by atoms with Gasteiger partial charge < -0.3 is 15.8 Å². The van der Waals surface area contributed by atoms with Crippen molar-refractivity contribution in [3.8, 4) is 0 Å². The summed E-state index contributed by atoms with van der Waals surface area (Å²) in [7, 11) is 1.52. The Labute approximate surface area is 117 Å². The van der Waals surface area contributed by atoms with Gasteiger partial charge in [0.05, 0.1) is 18.4 Å². The molecule has 0 aliphatic carbocycles. The lowest BCUT2D eigenvalue weighted by Gasteiger charge is -2.15. The molecule has 0 spiro atoms. The molecule has 1 aromatic heterocycles. The van der Waals surface area contributed by atoms with E-state index in [-0.39, 0.29) is 5.91 Å². The van der Waals surface area contributed by atoms with Crippen LogP contribution in [0.1, 0.15) is 11.7 Å². The van der Waals surface area contributed by atoms with Gasteiger partial charge in [-0.3, -0.25) is 9.48 Å². The second-order valence-corrected chi connectivity index (χ2v) is 4.35. The first-order chi connectivity index (χ1) is 9.70. The minimum absolute atomic E-state index is 0.168. The van der Waals surface area contributed by atoms with Gasteiger partial charge in [-0.25, -0.2) is 0 Å². The number of hydrogen-bond acceptors (Lipinski definition) is 4. The molecule has 0 saturated heterocycles. The number of nitrogens with zero attached hydrogens (tertiary/aromatic N) is 2. The Morgan fingerprint density at radius 1 is 1.45 bits per heavy atom. The zero-order valence-corrected chi connectivity index (χ0v) is 11.3. The molecule has 3 N–H and O–H groups in total. The van der Waals surface area contributed by atoms with Gasteiger partial charge in [-0.05, 0) is 5.56 Å². The van der Waals surface area contributed by atoms with Crippen molar-refractivity contribution >= 4 is 11.6 Å². The molecule has 1 atom stereocenters. The monoisotopic (exact) mass is 274 g/mol. The van der Waals surface area contributed by atoms with Crippen LogP contribution >= 0.6 is 0 Å². The van der Waals surface area contributed by atoms with Gasteiger partial charge in [-0.15, -0.1) is 0 Å².